The molecule has 0 aromatic heterocycles. The van der Waals surface area contributed by atoms with Crippen molar-refractivity contribution >= 4 is 23.8 Å². The van der Waals surface area contributed by atoms with Gasteiger partial charge in [-0.2, -0.15) is 0 Å². The number of methoxy groups -OCH3 is 2. The van der Waals surface area contributed by atoms with Gasteiger partial charge in [-0.1, -0.05) is 55.5 Å². The zero-order chi connectivity index (χ0) is 34.1. The van der Waals surface area contributed by atoms with E-state index in [0.29, 0.717) is 11.3 Å². The Morgan fingerprint density at radius 3 is 2.30 bits per heavy atom. The van der Waals surface area contributed by atoms with Gasteiger partial charge in [0.1, 0.15) is 29.4 Å². The van der Waals surface area contributed by atoms with Gasteiger partial charge in [0.15, 0.2) is 0 Å². The highest BCUT2D eigenvalue weighted by Crippen LogP contribution is 2.28. The summed E-state index contributed by atoms with van der Waals surface area (Å²) in [4.78, 5) is 51.6. The summed E-state index contributed by atoms with van der Waals surface area (Å²) in [5.74, 6) is -2.33. The quantitative estimate of drug-likeness (QED) is 0.193. The van der Waals surface area contributed by atoms with Crippen LogP contribution in [0.15, 0.2) is 90.5 Å². The number of esters is 1. The molecule has 47 heavy (non-hydrogen) atoms. The first-order chi connectivity index (χ1) is 22.5. The minimum absolute atomic E-state index is 0.0417. The topological polar surface area (TPSA) is 131 Å². The van der Waals surface area contributed by atoms with Gasteiger partial charge in [0, 0.05) is 17.7 Å². The second kappa shape index (κ2) is 15.7. The van der Waals surface area contributed by atoms with Crippen molar-refractivity contribution < 1.29 is 47.3 Å². The zero-order valence-corrected chi connectivity index (χ0v) is 25.9. The highest BCUT2D eigenvalue weighted by Gasteiger charge is 2.26. The number of carboxylic acid groups (broad SMARTS) is 1. The molecule has 0 fully saturated rings. The lowest BCUT2D eigenvalue weighted by Gasteiger charge is -2.27. The van der Waals surface area contributed by atoms with Crippen LogP contribution in [0.4, 0.5) is 8.78 Å². The fourth-order valence-corrected chi connectivity index (χ4v) is 5.03. The van der Waals surface area contributed by atoms with E-state index in [0.717, 1.165) is 4.90 Å². The summed E-state index contributed by atoms with van der Waals surface area (Å²) in [6.07, 6.45) is 1.68. The van der Waals surface area contributed by atoms with Gasteiger partial charge in [-0.3, -0.25) is 14.4 Å². The Hall–Kier alpha value is -5.52. The first-order valence-corrected chi connectivity index (χ1v) is 14.6. The SMILES string of the molecule is COc1ccc(CC(=O)NC2C=CC(C(=O)N(CC(=O)O)Cc3ccc(OC(=O)c4ccccc4OC)cc3)=CC2C)c(C(F)F)c1. The Morgan fingerprint density at radius 1 is 0.957 bits per heavy atom. The van der Waals surface area contributed by atoms with Crippen molar-refractivity contribution in [1.82, 2.24) is 10.2 Å². The molecule has 0 spiro atoms. The van der Waals surface area contributed by atoms with E-state index in [4.69, 9.17) is 14.2 Å². The minimum atomic E-state index is -2.79. The maximum atomic E-state index is 13.6. The third-order valence-corrected chi connectivity index (χ3v) is 7.45. The molecule has 2 amide bonds. The number of hydrogen-bond donors (Lipinski definition) is 2. The molecule has 0 saturated heterocycles. The molecule has 1 aliphatic carbocycles. The van der Waals surface area contributed by atoms with Crippen LogP contribution >= 0.6 is 0 Å². The zero-order valence-electron chi connectivity index (χ0n) is 25.9. The lowest BCUT2D eigenvalue weighted by molar-refractivity contribution is -0.143. The Kier molecular flexibility index (Phi) is 11.4. The average Bonchev–Trinajstić information content (AvgIpc) is 3.05. The molecule has 1 aliphatic rings. The largest absolute Gasteiger partial charge is 0.497 e. The lowest BCUT2D eigenvalue weighted by Crippen LogP contribution is -2.41. The molecule has 0 bridgehead atoms. The van der Waals surface area contributed by atoms with Crippen LogP contribution < -0.4 is 19.5 Å². The monoisotopic (exact) mass is 648 g/mol. The van der Waals surface area contributed by atoms with Gasteiger partial charge in [-0.15, -0.1) is 0 Å². The van der Waals surface area contributed by atoms with Crippen molar-refractivity contribution in [2.45, 2.75) is 32.4 Å². The lowest BCUT2D eigenvalue weighted by atomic mass is 9.92. The predicted octanol–water partition coefficient (Wildman–Crippen LogP) is 5.13. The number of nitrogens with one attached hydrogen (secondary N) is 1. The third-order valence-electron chi connectivity index (χ3n) is 7.45. The number of hydrogen-bond acceptors (Lipinski definition) is 7. The highest BCUT2D eigenvalue weighted by atomic mass is 19.3. The minimum Gasteiger partial charge on any atom is -0.497 e. The number of carboxylic acids is 1. The summed E-state index contributed by atoms with van der Waals surface area (Å²) >= 11 is 0. The van der Waals surface area contributed by atoms with Crippen molar-refractivity contribution in [3.05, 3.63) is 113 Å². The summed E-state index contributed by atoms with van der Waals surface area (Å²) in [6.45, 7) is 1.16. The molecular weight excluding hydrogens is 614 g/mol. The molecule has 3 aromatic carbocycles. The van der Waals surface area contributed by atoms with E-state index in [9.17, 15) is 33.1 Å². The summed E-state index contributed by atoms with van der Waals surface area (Å²) in [7, 11) is 2.81. The molecular formula is C35H34F2N2O8. The van der Waals surface area contributed by atoms with E-state index in [-0.39, 0.29) is 52.6 Å². The van der Waals surface area contributed by atoms with Crippen LogP contribution in [0.5, 0.6) is 17.2 Å². The Bertz CT molecular complexity index is 1690. The Morgan fingerprint density at radius 2 is 1.66 bits per heavy atom. The number of aliphatic carboxylic acids is 1. The molecule has 0 aliphatic heterocycles. The first-order valence-electron chi connectivity index (χ1n) is 14.6. The van der Waals surface area contributed by atoms with Gasteiger partial charge < -0.3 is 29.5 Å². The first kappa shape index (κ1) is 34.4. The van der Waals surface area contributed by atoms with Crippen LogP contribution in [0.25, 0.3) is 0 Å². The predicted molar refractivity (Wildman–Crippen MR) is 167 cm³/mol. The van der Waals surface area contributed by atoms with Crippen LogP contribution in [0.2, 0.25) is 0 Å². The van der Waals surface area contributed by atoms with Crippen LogP contribution in [-0.4, -0.2) is 60.6 Å². The van der Waals surface area contributed by atoms with E-state index in [1.54, 1.807) is 55.5 Å². The summed E-state index contributed by atoms with van der Waals surface area (Å²) in [6, 6.07) is 16.6. The normalized spacial score (nSPS) is 15.4. The second-order valence-corrected chi connectivity index (χ2v) is 10.8. The van der Waals surface area contributed by atoms with Gasteiger partial charge in [-0.05, 0) is 53.4 Å². The third kappa shape index (κ3) is 9.03. The Labute approximate surface area is 270 Å². The standard InChI is InChI=1S/C35H34F2N2O8/c1-21-16-24(11-15-29(21)38-31(40)17-23-10-14-26(45-2)18-28(23)33(36)37)34(43)39(20-32(41)42)19-22-8-12-25(13-9-22)47-35(44)27-6-4-5-7-30(27)46-3/h4-16,18,21,29,33H,17,19-20H2,1-3H3,(H,38,40)(H,41,42). The Balaban J connectivity index is 1.39. The molecule has 0 radical (unpaired) electrons. The van der Waals surface area contributed by atoms with Crippen molar-refractivity contribution in [3.8, 4) is 17.2 Å². The summed E-state index contributed by atoms with van der Waals surface area (Å²) in [5, 5.41) is 12.3. The number of benzene rings is 3. The smallest absolute Gasteiger partial charge is 0.347 e. The van der Waals surface area contributed by atoms with Crippen LogP contribution in [0.1, 0.15) is 40.4 Å². The molecule has 0 saturated carbocycles. The van der Waals surface area contributed by atoms with E-state index in [1.165, 1.54) is 50.6 Å². The maximum Gasteiger partial charge on any atom is 0.347 e. The molecule has 4 rings (SSSR count). The number of alkyl halides is 2. The number of rotatable bonds is 13. The van der Waals surface area contributed by atoms with Gasteiger partial charge >= 0.3 is 11.9 Å². The molecule has 0 heterocycles. The van der Waals surface area contributed by atoms with Gasteiger partial charge in [0.05, 0.1) is 26.7 Å². The number of halogens is 2. The van der Waals surface area contributed by atoms with Crippen molar-refractivity contribution in [2.75, 3.05) is 20.8 Å². The molecule has 246 valence electrons. The van der Waals surface area contributed by atoms with Crippen molar-refractivity contribution in [1.29, 1.82) is 0 Å². The molecule has 2 atom stereocenters. The van der Waals surface area contributed by atoms with E-state index < -0.39 is 42.8 Å². The van der Waals surface area contributed by atoms with Crippen LogP contribution in [0, 0.1) is 5.92 Å². The van der Waals surface area contributed by atoms with Gasteiger partial charge in [-0.25, -0.2) is 13.6 Å². The molecule has 10 nitrogen and oxygen atoms in total. The fourth-order valence-electron chi connectivity index (χ4n) is 5.03. The van der Waals surface area contributed by atoms with Gasteiger partial charge in [0.2, 0.25) is 5.91 Å². The highest BCUT2D eigenvalue weighted by molar-refractivity contribution is 5.98. The molecule has 3 aromatic rings. The maximum absolute atomic E-state index is 13.6. The van der Waals surface area contributed by atoms with E-state index in [2.05, 4.69) is 5.32 Å². The number of carbonyl (C=O) groups is 4. The van der Waals surface area contributed by atoms with Crippen molar-refractivity contribution in [2.24, 2.45) is 5.92 Å². The van der Waals surface area contributed by atoms with E-state index >= 15 is 0 Å². The number of amides is 2. The van der Waals surface area contributed by atoms with Crippen LogP contribution in [-0.2, 0) is 27.3 Å². The number of carbonyl (C=O) groups excluding carboxylic acids is 3. The fraction of sp³-hybridized carbons (Fsp3) is 0.257. The molecule has 12 heteroatoms. The summed E-state index contributed by atoms with van der Waals surface area (Å²) < 4.78 is 42.8. The van der Waals surface area contributed by atoms with E-state index in [1.807, 2.05) is 0 Å². The summed E-state index contributed by atoms with van der Waals surface area (Å²) in [5.41, 5.74) is 0.963. The number of ether oxygens (including phenoxy) is 3. The van der Waals surface area contributed by atoms with Crippen molar-refractivity contribution in [3.63, 3.8) is 0 Å². The average molecular weight is 649 g/mol. The number of para-hydroxylation sites is 1. The number of nitrogens with zero attached hydrogens (tertiary/aromatic N) is 1. The van der Waals surface area contributed by atoms with Crippen LogP contribution in [0.3, 0.4) is 0 Å². The second-order valence-electron chi connectivity index (χ2n) is 10.8. The van der Waals surface area contributed by atoms with Gasteiger partial charge in [0.25, 0.3) is 12.3 Å². The molecule has 2 N–H and O–H groups in total. The molecule has 2 unspecified atom stereocenters.